The van der Waals surface area contributed by atoms with Crippen LogP contribution in [0.1, 0.15) is 0 Å². The van der Waals surface area contributed by atoms with Crippen LogP contribution in [-0.2, 0) is 0 Å². The van der Waals surface area contributed by atoms with E-state index in [9.17, 15) is 0 Å². The average molecular weight is 373 g/mol. The highest BCUT2D eigenvalue weighted by atomic mass is 127. The van der Waals surface area contributed by atoms with Gasteiger partial charge < -0.3 is 5.73 Å². The van der Waals surface area contributed by atoms with Gasteiger partial charge >= 0.3 is 0 Å². The molecule has 0 amide bonds. The van der Waals surface area contributed by atoms with Gasteiger partial charge in [-0.25, -0.2) is 4.99 Å². The standard InChI is InChI=1S/C8H9BrN2S.HI/c1-12-8(10)11-7-5-3-2-4-6(7)9;/h2-5H,1H3,(H2,10,11);1H. The van der Waals surface area contributed by atoms with Crippen molar-refractivity contribution in [2.75, 3.05) is 6.26 Å². The fourth-order valence-corrected chi connectivity index (χ4v) is 1.27. The van der Waals surface area contributed by atoms with E-state index in [4.69, 9.17) is 5.73 Å². The Morgan fingerprint density at radius 1 is 1.46 bits per heavy atom. The summed E-state index contributed by atoms with van der Waals surface area (Å²) < 4.78 is 0.960. The summed E-state index contributed by atoms with van der Waals surface area (Å²) >= 11 is 4.82. The summed E-state index contributed by atoms with van der Waals surface area (Å²) in [5.41, 5.74) is 6.43. The van der Waals surface area contributed by atoms with Crippen molar-refractivity contribution >= 4 is 62.5 Å². The van der Waals surface area contributed by atoms with Crippen LogP contribution in [0, 0.1) is 0 Å². The molecule has 0 unspecified atom stereocenters. The fourth-order valence-electron chi connectivity index (χ4n) is 0.707. The van der Waals surface area contributed by atoms with Crippen molar-refractivity contribution in [2.45, 2.75) is 0 Å². The molecule has 0 fully saturated rings. The predicted molar refractivity (Wildman–Crippen MR) is 74.4 cm³/mol. The molecule has 0 bridgehead atoms. The van der Waals surface area contributed by atoms with Gasteiger partial charge in [-0.15, -0.1) is 24.0 Å². The first-order valence-electron chi connectivity index (χ1n) is 3.36. The zero-order chi connectivity index (χ0) is 8.97. The van der Waals surface area contributed by atoms with E-state index in [0.29, 0.717) is 5.17 Å². The number of aliphatic imine (C=N–C) groups is 1. The van der Waals surface area contributed by atoms with Gasteiger partial charge in [-0.2, -0.15) is 0 Å². The third-order valence-electron chi connectivity index (χ3n) is 1.29. The number of para-hydroxylation sites is 1. The number of thioether (sulfide) groups is 1. The monoisotopic (exact) mass is 372 g/mol. The van der Waals surface area contributed by atoms with Gasteiger partial charge in [0, 0.05) is 4.47 Å². The van der Waals surface area contributed by atoms with Crippen molar-refractivity contribution in [3.8, 4) is 0 Å². The zero-order valence-corrected chi connectivity index (χ0v) is 11.8. The molecule has 1 aromatic carbocycles. The lowest BCUT2D eigenvalue weighted by Gasteiger charge is -1.98. The van der Waals surface area contributed by atoms with Crippen LogP contribution in [0.2, 0.25) is 0 Å². The molecule has 0 aliphatic carbocycles. The summed E-state index contributed by atoms with van der Waals surface area (Å²) in [6.07, 6.45) is 1.90. The molecule has 0 radical (unpaired) electrons. The smallest absolute Gasteiger partial charge is 0.158 e. The summed E-state index contributed by atoms with van der Waals surface area (Å²) in [5.74, 6) is 0. The quantitative estimate of drug-likeness (QED) is 0.466. The fraction of sp³-hybridized carbons (Fsp3) is 0.125. The molecule has 72 valence electrons. The molecule has 2 nitrogen and oxygen atoms in total. The van der Waals surface area contributed by atoms with Crippen LogP contribution >= 0.6 is 51.7 Å². The third kappa shape index (κ3) is 4.33. The lowest BCUT2D eigenvalue weighted by molar-refractivity contribution is 1.48. The number of amidine groups is 1. The number of rotatable bonds is 1. The molecular formula is C8H10BrIN2S. The minimum atomic E-state index is 0. The van der Waals surface area contributed by atoms with E-state index in [1.54, 1.807) is 0 Å². The van der Waals surface area contributed by atoms with Gasteiger partial charge in [0.1, 0.15) is 0 Å². The van der Waals surface area contributed by atoms with Gasteiger partial charge in [0.2, 0.25) is 0 Å². The van der Waals surface area contributed by atoms with E-state index in [0.717, 1.165) is 10.2 Å². The molecule has 0 heterocycles. The SMILES string of the molecule is CSC(N)=Nc1ccccc1Br.I. The van der Waals surface area contributed by atoms with E-state index >= 15 is 0 Å². The predicted octanol–water partition coefficient (Wildman–Crippen LogP) is 3.38. The highest BCUT2D eigenvalue weighted by Gasteiger charge is 1.95. The first-order chi connectivity index (χ1) is 5.74. The molecule has 13 heavy (non-hydrogen) atoms. The van der Waals surface area contributed by atoms with E-state index in [2.05, 4.69) is 20.9 Å². The number of hydrogen-bond donors (Lipinski definition) is 1. The van der Waals surface area contributed by atoms with Gasteiger partial charge in [-0.3, -0.25) is 0 Å². The highest BCUT2D eigenvalue weighted by molar-refractivity contribution is 14.0. The van der Waals surface area contributed by atoms with Crippen LogP contribution in [0.5, 0.6) is 0 Å². The van der Waals surface area contributed by atoms with Gasteiger partial charge in [-0.05, 0) is 34.3 Å². The molecule has 0 aliphatic heterocycles. The first kappa shape index (κ1) is 13.2. The number of hydrogen-bond acceptors (Lipinski definition) is 2. The van der Waals surface area contributed by atoms with Crippen molar-refractivity contribution in [1.82, 2.24) is 0 Å². The second-order valence-corrected chi connectivity index (χ2v) is 3.79. The van der Waals surface area contributed by atoms with Crippen LogP contribution in [0.3, 0.4) is 0 Å². The summed E-state index contributed by atoms with van der Waals surface area (Å²) in [7, 11) is 0. The summed E-state index contributed by atoms with van der Waals surface area (Å²) in [6.45, 7) is 0. The Morgan fingerprint density at radius 3 is 2.62 bits per heavy atom. The Labute approximate surface area is 108 Å². The topological polar surface area (TPSA) is 38.4 Å². The van der Waals surface area contributed by atoms with Crippen molar-refractivity contribution in [3.05, 3.63) is 28.7 Å². The van der Waals surface area contributed by atoms with Crippen LogP contribution in [-0.4, -0.2) is 11.4 Å². The minimum Gasteiger partial charge on any atom is -0.378 e. The Balaban J connectivity index is 0.00000144. The first-order valence-corrected chi connectivity index (χ1v) is 5.38. The van der Waals surface area contributed by atoms with Crippen molar-refractivity contribution in [1.29, 1.82) is 0 Å². The van der Waals surface area contributed by atoms with E-state index in [1.807, 2.05) is 30.5 Å². The number of nitrogens with two attached hydrogens (primary N) is 1. The molecule has 0 saturated heterocycles. The number of benzene rings is 1. The van der Waals surface area contributed by atoms with Crippen LogP contribution < -0.4 is 5.73 Å². The Kier molecular flexibility index (Phi) is 6.79. The Hall–Kier alpha value is 0.250. The average Bonchev–Trinajstić information content (AvgIpc) is 2.09. The maximum absolute atomic E-state index is 5.57. The molecule has 0 spiro atoms. The van der Waals surface area contributed by atoms with Crippen molar-refractivity contribution in [2.24, 2.45) is 10.7 Å². The maximum Gasteiger partial charge on any atom is 0.158 e. The van der Waals surface area contributed by atoms with Crippen molar-refractivity contribution in [3.63, 3.8) is 0 Å². The largest absolute Gasteiger partial charge is 0.378 e. The Morgan fingerprint density at radius 2 is 2.08 bits per heavy atom. The molecular weight excluding hydrogens is 363 g/mol. The lowest BCUT2D eigenvalue weighted by atomic mass is 10.3. The van der Waals surface area contributed by atoms with E-state index in [-0.39, 0.29) is 24.0 Å². The summed E-state index contributed by atoms with van der Waals surface area (Å²) in [4.78, 5) is 4.19. The van der Waals surface area contributed by atoms with Crippen LogP contribution in [0.4, 0.5) is 5.69 Å². The molecule has 2 N–H and O–H groups in total. The van der Waals surface area contributed by atoms with Gasteiger partial charge in [-0.1, -0.05) is 23.9 Å². The highest BCUT2D eigenvalue weighted by Crippen LogP contribution is 2.24. The molecule has 5 heteroatoms. The molecule has 1 aromatic rings. The lowest BCUT2D eigenvalue weighted by Crippen LogP contribution is -2.04. The molecule has 0 atom stereocenters. The van der Waals surface area contributed by atoms with Crippen molar-refractivity contribution < 1.29 is 0 Å². The van der Waals surface area contributed by atoms with Gasteiger partial charge in [0.05, 0.1) is 5.69 Å². The molecule has 0 aliphatic rings. The van der Waals surface area contributed by atoms with E-state index < -0.39 is 0 Å². The van der Waals surface area contributed by atoms with Gasteiger partial charge in [0.15, 0.2) is 5.17 Å². The van der Waals surface area contributed by atoms with Gasteiger partial charge in [0.25, 0.3) is 0 Å². The minimum absolute atomic E-state index is 0. The zero-order valence-electron chi connectivity index (χ0n) is 7.03. The normalized spacial score (nSPS) is 10.8. The van der Waals surface area contributed by atoms with E-state index in [1.165, 1.54) is 11.8 Å². The summed E-state index contributed by atoms with van der Waals surface area (Å²) in [6, 6.07) is 7.72. The van der Waals surface area contributed by atoms with Crippen LogP contribution in [0.25, 0.3) is 0 Å². The second kappa shape index (κ2) is 6.67. The third-order valence-corrected chi connectivity index (χ3v) is 2.47. The second-order valence-electron chi connectivity index (χ2n) is 2.11. The van der Waals surface area contributed by atoms with Crippen LogP contribution in [0.15, 0.2) is 33.7 Å². The molecule has 1 rings (SSSR count). The summed E-state index contributed by atoms with van der Waals surface area (Å²) in [5, 5.41) is 0.571. The molecule has 0 saturated carbocycles. The Bertz CT molecular complexity index is 304. The molecule has 0 aromatic heterocycles. The number of halogens is 2. The number of nitrogens with zero attached hydrogens (tertiary/aromatic N) is 1. The maximum atomic E-state index is 5.57.